The highest BCUT2D eigenvalue weighted by molar-refractivity contribution is 6.33. The average Bonchev–Trinajstić information content (AvgIpc) is 2.42. The summed E-state index contributed by atoms with van der Waals surface area (Å²) in [5.74, 6) is -0.743. The number of halogens is 2. The van der Waals surface area contributed by atoms with Crippen LogP contribution in [-0.4, -0.2) is 43.2 Å². The monoisotopic (exact) mass is 286 g/mol. The molecule has 1 saturated heterocycles. The van der Waals surface area contributed by atoms with E-state index in [1.54, 1.807) is 11.8 Å². The van der Waals surface area contributed by atoms with E-state index < -0.39 is 5.82 Å². The summed E-state index contributed by atoms with van der Waals surface area (Å²) in [6, 6.07) is 2.45. The van der Waals surface area contributed by atoms with Crippen LogP contribution < -0.4 is 5.73 Å². The molecule has 0 aliphatic carbocycles. The summed E-state index contributed by atoms with van der Waals surface area (Å²) >= 11 is 6.03. The Balaban J connectivity index is 2.30. The van der Waals surface area contributed by atoms with Gasteiger partial charge in [-0.05, 0) is 24.6 Å². The maximum Gasteiger partial charge on any atom is 0.255 e. The van der Waals surface area contributed by atoms with E-state index in [1.165, 1.54) is 12.1 Å². The van der Waals surface area contributed by atoms with E-state index in [0.717, 1.165) is 0 Å². The molecule has 1 amide bonds. The van der Waals surface area contributed by atoms with E-state index in [2.05, 4.69) is 0 Å². The Morgan fingerprint density at radius 3 is 3.05 bits per heavy atom. The third-order valence-electron chi connectivity index (χ3n) is 3.24. The molecule has 19 heavy (non-hydrogen) atoms. The standard InChI is InChI=1S/C13H16ClFN2O2/c1-8-4-11(14)10(5-12(8)15)13(18)17-2-3-19-7-9(17)6-16/h4-5,9H,2-3,6-7,16H2,1H3. The van der Waals surface area contributed by atoms with Gasteiger partial charge in [0.2, 0.25) is 0 Å². The summed E-state index contributed by atoms with van der Waals surface area (Å²) in [4.78, 5) is 14.0. The third-order valence-corrected chi connectivity index (χ3v) is 3.55. The second-order valence-electron chi connectivity index (χ2n) is 4.54. The molecule has 1 aromatic carbocycles. The minimum Gasteiger partial charge on any atom is -0.377 e. The number of nitrogens with zero attached hydrogens (tertiary/aromatic N) is 1. The van der Waals surface area contributed by atoms with Gasteiger partial charge in [-0.15, -0.1) is 0 Å². The third kappa shape index (κ3) is 2.88. The molecule has 2 N–H and O–H groups in total. The zero-order valence-electron chi connectivity index (χ0n) is 10.7. The van der Waals surface area contributed by atoms with E-state index in [0.29, 0.717) is 31.9 Å². The number of aryl methyl sites for hydroxylation is 1. The molecule has 2 rings (SSSR count). The van der Waals surface area contributed by atoms with Gasteiger partial charge in [-0.25, -0.2) is 4.39 Å². The van der Waals surface area contributed by atoms with E-state index in [1.807, 2.05) is 0 Å². The Kier molecular flexibility index (Phi) is 4.39. The maximum atomic E-state index is 13.6. The molecule has 0 aromatic heterocycles. The van der Waals surface area contributed by atoms with Crippen molar-refractivity contribution in [2.75, 3.05) is 26.3 Å². The molecular weight excluding hydrogens is 271 g/mol. The van der Waals surface area contributed by atoms with Gasteiger partial charge in [0.1, 0.15) is 5.82 Å². The van der Waals surface area contributed by atoms with Crippen molar-refractivity contribution in [3.8, 4) is 0 Å². The molecule has 0 bridgehead atoms. The second kappa shape index (κ2) is 5.86. The van der Waals surface area contributed by atoms with Crippen molar-refractivity contribution in [3.63, 3.8) is 0 Å². The van der Waals surface area contributed by atoms with E-state index in [9.17, 15) is 9.18 Å². The van der Waals surface area contributed by atoms with Crippen LogP contribution in [0, 0.1) is 12.7 Å². The molecule has 1 aliphatic heterocycles. The summed E-state index contributed by atoms with van der Waals surface area (Å²) < 4.78 is 18.9. The molecule has 1 atom stereocenters. The number of carbonyl (C=O) groups excluding carboxylic acids is 1. The molecule has 1 aliphatic rings. The molecular formula is C13H16ClFN2O2. The Morgan fingerprint density at radius 1 is 1.63 bits per heavy atom. The number of morpholine rings is 1. The van der Waals surface area contributed by atoms with Crippen LogP contribution in [0.4, 0.5) is 4.39 Å². The highest BCUT2D eigenvalue weighted by Crippen LogP contribution is 2.23. The summed E-state index contributed by atoms with van der Waals surface area (Å²) in [6.07, 6.45) is 0. The fraction of sp³-hybridized carbons (Fsp3) is 0.462. The van der Waals surface area contributed by atoms with Crippen LogP contribution in [-0.2, 0) is 4.74 Å². The van der Waals surface area contributed by atoms with Crippen LogP contribution >= 0.6 is 11.6 Å². The van der Waals surface area contributed by atoms with Gasteiger partial charge < -0.3 is 15.4 Å². The van der Waals surface area contributed by atoms with Crippen molar-refractivity contribution in [3.05, 3.63) is 34.1 Å². The number of benzene rings is 1. The lowest BCUT2D eigenvalue weighted by Crippen LogP contribution is -2.52. The van der Waals surface area contributed by atoms with Crippen LogP contribution in [0.25, 0.3) is 0 Å². The summed E-state index contributed by atoms with van der Waals surface area (Å²) in [5.41, 5.74) is 6.21. The van der Waals surface area contributed by atoms with Crippen molar-refractivity contribution in [1.82, 2.24) is 4.90 Å². The minimum absolute atomic E-state index is 0.171. The lowest BCUT2D eigenvalue weighted by molar-refractivity contribution is 0.000827. The average molecular weight is 287 g/mol. The highest BCUT2D eigenvalue weighted by Gasteiger charge is 2.28. The van der Waals surface area contributed by atoms with Gasteiger partial charge in [0, 0.05) is 13.1 Å². The molecule has 1 aromatic rings. The summed E-state index contributed by atoms with van der Waals surface area (Å²) in [5, 5.41) is 0.256. The van der Waals surface area contributed by atoms with Crippen molar-refractivity contribution < 1.29 is 13.9 Å². The van der Waals surface area contributed by atoms with Crippen LogP contribution in [0.15, 0.2) is 12.1 Å². The van der Waals surface area contributed by atoms with Gasteiger partial charge in [-0.2, -0.15) is 0 Å². The Morgan fingerprint density at radius 2 is 2.37 bits per heavy atom. The Bertz CT molecular complexity index is 496. The fourth-order valence-corrected chi connectivity index (χ4v) is 2.38. The first kappa shape index (κ1) is 14.2. The molecule has 104 valence electrons. The quantitative estimate of drug-likeness (QED) is 0.898. The number of hydrogen-bond acceptors (Lipinski definition) is 3. The first-order valence-corrected chi connectivity index (χ1v) is 6.46. The molecule has 4 nitrogen and oxygen atoms in total. The Labute approximate surface area is 116 Å². The largest absolute Gasteiger partial charge is 0.377 e. The summed E-state index contributed by atoms with van der Waals surface area (Å²) in [7, 11) is 0. The van der Waals surface area contributed by atoms with E-state index >= 15 is 0 Å². The molecule has 6 heteroatoms. The van der Waals surface area contributed by atoms with Crippen molar-refractivity contribution in [1.29, 1.82) is 0 Å². The van der Waals surface area contributed by atoms with Gasteiger partial charge in [-0.1, -0.05) is 11.6 Å². The summed E-state index contributed by atoms with van der Waals surface area (Å²) in [6.45, 7) is 3.19. The highest BCUT2D eigenvalue weighted by atomic mass is 35.5. The van der Waals surface area contributed by atoms with Crippen LogP contribution in [0.1, 0.15) is 15.9 Å². The number of nitrogens with two attached hydrogens (primary N) is 1. The maximum absolute atomic E-state index is 13.6. The molecule has 0 spiro atoms. The van der Waals surface area contributed by atoms with Crippen LogP contribution in [0.3, 0.4) is 0 Å². The lowest BCUT2D eigenvalue weighted by Gasteiger charge is -2.35. The zero-order chi connectivity index (χ0) is 14.0. The number of ether oxygens (including phenoxy) is 1. The smallest absolute Gasteiger partial charge is 0.255 e. The molecule has 0 radical (unpaired) electrons. The lowest BCUT2D eigenvalue weighted by atomic mass is 10.1. The number of hydrogen-bond donors (Lipinski definition) is 1. The van der Waals surface area contributed by atoms with Gasteiger partial charge in [-0.3, -0.25) is 4.79 Å². The predicted octanol–water partition coefficient (Wildman–Crippen LogP) is 1.59. The van der Waals surface area contributed by atoms with Gasteiger partial charge >= 0.3 is 0 Å². The van der Waals surface area contributed by atoms with Gasteiger partial charge in [0.25, 0.3) is 5.91 Å². The topological polar surface area (TPSA) is 55.6 Å². The first-order valence-electron chi connectivity index (χ1n) is 6.09. The normalized spacial score (nSPS) is 19.6. The van der Waals surface area contributed by atoms with E-state index in [4.69, 9.17) is 22.1 Å². The SMILES string of the molecule is Cc1cc(Cl)c(C(=O)N2CCOCC2CN)cc1F. The second-order valence-corrected chi connectivity index (χ2v) is 4.95. The number of carbonyl (C=O) groups is 1. The number of amides is 1. The molecule has 1 heterocycles. The number of rotatable bonds is 2. The Hall–Kier alpha value is -1.17. The van der Waals surface area contributed by atoms with Crippen molar-refractivity contribution in [2.45, 2.75) is 13.0 Å². The van der Waals surface area contributed by atoms with Crippen molar-refractivity contribution >= 4 is 17.5 Å². The molecule has 1 unspecified atom stereocenters. The van der Waals surface area contributed by atoms with Crippen molar-refractivity contribution in [2.24, 2.45) is 5.73 Å². The van der Waals surface area contributed by atoms with E-state index in [-0.39, 0.29) is 22.5 Å². The predicted molar refractivity (Wildman–Crippen MR) is 70.8 cm³/mol. The molecule has 1 fully saturated rings. The van der Waals surface area contributed by atoms with Gasteiger partial charge in [0.15, 0.2) is 0 Å². The van der Waals surface area contributed by atoms with Gasteiger partial charge in [0.05, 0.1) is 29.8 Å². The fourth-order valence-electron chi connectivity index (χ4n) is 2.08. The minimum atomic E-state index is -0.440. The first-order chi connectivity index (χ1) is 9.04. The van der Waals surface area contributed by atoms with Crippen LogP contribution in [0.2, 0.25) is 5.02 Å². The molecule has 0 saturated carbocycles. The zero-order valence-corrected chi connectivity index (χ0v) is 11.4. The van der Waals surface area contributed by atoms with Crippen LogP contribution in [0.5, 0.6) is 0 Å².